The summed E-state index contributed by atoms with van der Waals surface area (Å²) in [6.07, 6.45) is 2.44. The molecule has 1 fully saturated rings. The summed E-state index contributed by atoms with van der Waals surface area (Å²) in [5, 5.41) is 0.262. The molecule has 1 aromatic heterocycles. The molecule has 0 saturated carbocycles. The van der Waals surface area contributed by atoms with E-state index in [0.717, 1.165) is 6.42 Å². The van der Waals surface area contributed by atoms with Crippen LogP contribution in [0.2, 0.25) is 5.15 Å². The molecule has 1 saturated heterocycles. The maximum Gasteiger partial charge on any atom is 0.257 e. The predicted molar refractivity (Wildman–Crippen MR) is 60.6 cm³/mol. The molecular formula is C11H13ClN2O2. The quantitative estimate of drug-likeness (QED) is 0.701. The summed E-state index contributed by atoms with van der Waals surface area (Å²) in [7, 11) is 0. The normalized spacial score (nSPS) is 16.9. The molecule has 2 heterocycles. The fourth-order valence-corrected chi connectivity index (χ4v) is 1.87. The highest BCUT2D eigenvalue weighted by Gasteiger charge is 2.19. The number of carbonyl (C=O) groups excluding carboxylic acids is 1. The number of ether oxygens (including phenoxy) is 1. The summed E-state index contributed by atoms with van der Waals surface area (Å²) >= 11 is 5.89. The minimum atomic E-state index is -0.0661. The Labute approximate surface area is 99.2 Å². The van der Waals surface area contributed by atoms with Gasteiger partial charge in [0.1, 0.15) is 5.15 Å². The van der Waals surface area contributed by atoms with Crippen molar-refractivity contribution in [2.45, 2.75) is 6.42 Å². The van der Waals surface area contributed by atoms with Crippen molar-refractivity contribution in [3.63, 3.8) is 0 Å². The van der Waals surface area contributed by atoms with E-state index in [4.69, 9.17) is 16.3 Å². The van der Waals surface area contributed by atoms with Crippen LogP contribution in [0.25, 0.3) is 0 Å². The van der Waals surface area contributed by atoms with Gasteiger partial charge in [0.2, 0.25) is 0 Å². The lowest BCUT2D eigenvalue weighted by molar-refractivity contribution is 0.0741. The Bertz CT molecular complexity index is 376. The maximum absolute atomic E-state index is 12.1. The molecule has 0 spiro atoms. The molecule has 0 radical (unpaired) electrons. The molecule has 0 N–H and O–H groups in total. The van der Waals surface area contributed by atoms with Gasteiger partial charge in [-0.25, -0.2) is 4.98 Å². The van der Waals surface area contributed by atoms with Crippen molar-refractivity contribution in [2.75, 3.05) is 26.3 Å². The number of hydrogen-bond acceptors (Lipinski definition) is 3. The fraction of sp³-hybridized carbons (Fsp3) is 0.455. The molecule has 1 aliphatic heterocycles. The number of rotatable bonds is 1. The van der Waals surface area contributed by atoms with E-state index in [1.54, 1.807) is 23.2 Å². The van der Waals surface area contributed by atoms with Crippen molar-refractivity contribution in [3.05, 3.63) is 29.0 Å². The van der Waals surface area contributed by atoms with Crippen molar-refractivity contribution >= 4 is 17.5 Å². The van der Waals surface area contributed by atoms with E-state index < -0.39 is 0 Å². The van der Waals surface area contributed by atoms with Crippen LogP contribution >= 0.6 is 11.6 Å². The van der Waals surface area contributed by atoms with Crippen LogP contribution in [-0.4, -0.2) is 42.1 Å². The van der Waals surface area contributed by atoms with E-state index in [1.165, 1.54) is 0 Å². The Balaban J connectivity index is 2.14. The van der Waals surface area contributed by atoms with Gasteiger partial charge < -0.3 is 9.64 Å². The second-order valence-electron chi connectivity index (χ2n) is 3.60. The third-order valence-corrected chi connectivity index (χ3v) is 2.80. The smallest absolute Gasteiger partial charge is 0.257 e. The van der Waals surface area contributed by atoms with Crippen molar-refractivity contribution in [2.24, 2.45) is 0 Å². The molecule has 4 nitrogen and oxygen atoms in total. The third kappa shape index (κ3) is 2.51. The van der Waals surface area contributed by atoms with Gasteiger partial charge in [-0.05, 0) is 18.6 Å². The Morgan fingerprint density at radius 3 is 3.12 bits per heavy atom. The maximum atomic E-state index is 12.1. The summed E-state index contributed by atoms with van der Waals surface area (Å²) < 4.78 is 5.30. The number of hydrogen-bond donors (Lipinski definition) is 0. The summed E-state index contributed by atoms with van der Waals surface area (Å²) in [5.74, 6) is -0.0661. The summed E-state index contributed by atoms with van der Waals surface area (Å²) in [6, 6.07) is 3.41. The van der Waals surface area contributed by atoms with Crippen LogP contribution in [0.5, 0.6) is 0 Å². The van der Waals surface area contributed by atoms with E-state index in [-0.39, 0.29) is 11.1 Å². The SMILES string of the molecule is O=C(c1cccnc1Cl)N1CCCOCC1. The highest BCUT2D eigenvalue weighted by molar-refractivity contribution is 6.32. The van der Waals surface area contributed by atoms with Crippen molar-refractivity contribution in [1.82, 2.24) is 9.88 Å². The molecule has 0 bridgehead atoms. The van der Waals surface area contributed by atoms with E-state index >= 15 is 0 Å². The van der Waals surface area contributed by atoms with Gasteiger partial charge in [0.15, 0.2) is 0 Å². The van der Waals surface area contributed by atoms with Gasteiger partial charge in [-0.1, -0.05) is 11.6 Å². The van der Waals surface area contributed by atoms with Crippen molar-refractivity contribution < 1.29 is 9.53 Å². The van der Waals surface area contributed by atoms with Crippen LogP contribution in [0.15, 0.2) is 18.3 Å². The average molecular weight is 241 g/mol. The zero-order valence-corrected chi connectivity index (χ0v) is 9.61. The number of halogens is 1. The van der Waals surface area contributed by atoms with Crippen molar-refractivity contribution in [1.29, 1.82) is 0 Å². The van der Waals surface area contributed by atoms with Crippen LogP contribution in [-0.2, 0) is 4.74 Å². The lowest BCUT2D eigenvalue weighted by Crippen LogP contribution is -2.33. The molecule has 0 atom stereocenters. The van der Waals surface area contributed by atoms with Gasteiger partial charge in [0.25, 0.3) is 5.91 Å². The second-order valence-corrected chi connectivity index (χ2v) is 3.96. The van der Waals surface area contributed by atoms with Crippen LogP contribution in [0, 0.1) is 0 Å². The van der Waals surface area contributed by atoms with Gasteiger partial charge >= 0.3 is 0 Å². The first-order valence-electron chi connectivity index (χ1n) is 5.26. The molecule has 0 unspecified atom stereocenters. The molecule has 0 aromatic carbocycles. The first kappa shape index (κ1) is 11.4. The first-order chi connectivity index (χ1) is 7.79. The lowest BCUT2D eigenvalue weighted by Gasteiger charge is -2.19. The van der Waals surface area contributed by atoms with Gasteiger partial charge in [0, 0.05) is 25.9 Å². The summed E-state index contributed by atoms with van der Waals surface area (Å²) in [4.78, 5) is 17.8. The van der Waals surface area contributed by atoms with Gasteiger partial charge in [-0.15, -0.1) is 0 Å². The average Bonchev–Trinajstić information content (AvgIpc) is 2.57. The minimum Gasteiger partial charge on any atom is -0.380 e. The van der Waals surface area contributed by atoms with Gasteiger partial charge in [-0.2, -0.15) is 0 Å². The van der Waals surface area contributed by atoms with Crippen molar-refractivity contribution in [3.8, 4) is 0 Å². The van der Waals surface area contributed by atoms with E-state index in [9.17, 15) is 4.79 Å². The van der Waals surface area contributed by atoms with E-state index in [2.05, 4.69) is 4.98 Å². The second kappa shape index (κ2) is 5.27. The highest BCUT2D eigenvalue weighted by atomic mass is 35.5. The Morgan fingerprint density at radius 2 is 2.31 bits per heavy atom. The number of aromatic nitrogens is 1. The third-order valence-electron chi connectivity index (χ3n) is 2.50. The molecule has 1 aliphatic rings. The largest absolute Gasteiger partial charge is 0.380 e. The fourth-order valence-electron chi connectivity index (χ4n) is 1.67. The predicted octanol–water partition coefficient (Wildman–Crippen LogP) is 1.60. The number of carbonyl (C=O) groups is 1. The first-order valence-corrected chi connectivity index (χ1v) is 5.64. The molecule has 2 rings (SSSR count). The highest BCUT2D eigenvalue weighted by Crippen LogP contribution is 2.15. The Morgan fingerprint density at radius 1 is 1.44 bits per heavy atom. The van der Waals surface area contributed by atoms with Crippen LogP contribution in [0.1, 0.15) is 16.8 Å². The molecule has 1 amide bonds. The molecule has 16 heavy (non-hydrogen) atoms. The summed E-state index contributed by atoms with van der Waals surface area (Å²) in [6.45, 7) is 2.63. The van der Waals surface area contributed by atoms with Gasteiger partial charge in [-0.3, -0.25) is 4.79 Å². The minimum absolute atomic E-state index is 0.0661. The summed E-state index contributed by atoms with van der Waals surface area (Å²) in [5.41, 5.74) is 0.464. The monoisotopic (exact) mass is 240 g/mol. The molecule has 0 aliphatic carbocycles. The Hall–Kier alpha value is -1.13. The number of pyridine rings is 1. The van der Waals surface area contributed by atoms with Gasteiger partial charge in [0.05, 0.1) is 12.2 Å². The van der Waals surface area contributed by atoms with Crippen LogP contribution < -0.4 is 0 Å². The molecule has 5 heteroatoms. The topological polar surface area (TPSA) is 42.4 Å². The van der Waals surface area contributed by atoms with E-state index in [0.29, 0.717) is 31.9 Å². The van der Waals surface area contributed by atoms with E-state index in [1.807, 2.05) is 0 Å². The zero-order valence-electron chi connectivity index (χ0n) is 8.86. The number of nitrogens with zero attached hydrogens (tertiary/aromatic N) is 2. The Kier molecular flexibility index (Phi) is 3.74. The number of amides is 1. The molecular weight excluding hydrogens is 228 g/mol. The lowest BCUT2D eigenvalue weighted by atomic mass is 10.2. The molecule has 1 aromatic rings. The zero-order chi connectivity index (χ0) is 11.4. The standard InChI is InChI=1S/C11H13ClN2O2/c12-10-9(3-1-4-13-10)11(15)14-5-2-7-16-8-6-14/h1,3-4H,2,5-8H2. The molecule has 86 valence electrons. The van der Waals surface area contributed by atoms with Crippen LogP contribution in [0.3, 0.4) is 0 Å². The van der Waals surface area contributed by atoms with Crippen LogP contribution in [0.4, 0.5) is 0 Å².